The van der Waals surface area contributed by atoms with E-state index in [9.17, 15) is 14.9 Å². The monoisotopic (exact) mass is 360 g/mol. The zero-order chi connectivity index (χ0) is 18.8. The normalized spacial score (nSPS) is 11.3. The van der Waals surface area contributed by atoms with Crippen molar-refractivity contribution in [2.45, 2.75) is 0 Å². The van der Waals surface area contributed by atoms with Gasteiger partial charge in [0.2, 0.25) is 0 Å². The lowest BCUT2D eigenvalue weighted by molar-refractivity contribution is -0.384. The van der Waals surface area contributed by atoms with Gasteiger partial charge in [-0.15, -0.1) is 0 Å². The molecule has 0 saturated heterocycles. The lowest BCUT2D eigenvalue weighted by atomic mass is 10.1. The van der Waals surface area contributed by atoms with Gasteiger partial charge in [-0.25, -0.2) is 4.98 Å². The van der Waals surface area contributed by atoms with Gasteiger partial charge in [-0.2, -0.15) is 9.78 Å². The Kier molecular flexibility index (Phi) is 4.06. The van der Waals surface area contributed by atoms with Gasteiger partial charge < -0.3 is 4.42 Å². The van der Waals surface area contributed by atoms with Crippen molar-refractivity contribution in [2.24, 2.45) is 5.10 Å². The average Bonchev–Trinajstić information content (AvgIpc) is 3.17. The number of furan rings is 1. The number of rotatable bonds is 4. The highest BCUT2D eigenvalue weighted by molar-refractivity contribution is 5.79. The first-order chi connectivity index (χ1) is 13.1. The Morgan fingerprint density at radius 2 is 1.85 bits per heavy atom. The van der Waals surface area contributed by atoms with E-state index in [1.807, 2.05) is 6.07 Å². The second kappa shape index (κ2) is 6.68. The summed E-state index contributed by atoms with van der Waals surface area (Å²) in [7, 11) is 0. The molecule has 0 N–H and O–H groups in total. The van der Waals surface area contributed by atoms with Crippen molar-refractivity contribution in [3.8, 4) is 11.3 Å². The van der Waals surface area contributed by atoms with E-state index in [4.69, 9.17) is 4.42 Å². The summed E-state index contributed by atoms with van der Waals surface area (Å²) in [5, 5.41) is 15.3. The van der Waals surface area contributed by atoms with E-state index in [0.29, 0.717) is 28.0 Å². The molecule has 4 aromatic rings. The van der Waals surface area contributed by atoms with Crippen molar-refractivity contribution < 1.29 is 9.34 Å². The van der Waals surface area contributed by atoms with Crippen LogP contribution in [0, 0.1) is 10.1 Å². The average molecular weight is 360 g/mol. The molecule has 8 heteroatoms. The van der Waals surface area contributed by atoms with Gasteiger partial charge in [-0.05, 0) is 36.4 Å². The predicted molar refractivity (Wildman–Crippen MR) is 99.8 cm³/mol. The van der Waals surface area contributed by atoms with Crippen molar-refractivity contribution in [2.75, 3.05) is 0 Å². The van der Waals surface area contributed by atoms with E-state index in [-0.39, 0.29) is 11.2 Å². The Hall–Kier alpha value is -4.07. The number of fused-ring (bicyclic) bond motifs is 1. The number of nitro groups is 1. The standard InChI is InChI=1S/C19H12N4O4/c24-19-16-3-1-2-4-17(16)20-12-22(19)21-11-15-9-10-18(27-15)13-5-7-14(8-6-13)23(25)26/h1-12H/b21-11+. The molecule has 0 saturated carbocycles. The molecule has 0 fully saturated rings. The van der Waals surface area contributed by atoms with Crippen LogP contribution in [0.15, 0.2) is 81.3 Å². The number of benzene rings is 2. The van der Waals surface area contributed by atoms with Crippen LogP contribution in [0.4, 0.5) is 5.69 Å². The highest BCUT2D eigenvalue weighted by Gasteiger charge is 2.08. The first-order valence-electron chi connectivity index (χ1n) is 7.97. The summed E-state index contributed by atoms with van der Waals surface area (Å²) >= 11 is 0. The molecular formula is C19H12N4O4. The Labute approximate surface area is 152 Å². The maximum absolute atomic E-state index is 12.4. The van der Waals surface area contributed by atoms with Gasteiger partial charge in [0.25, 0.3) is 11.2 Å². The summed E-state index contributed by atoms with van der Waals surface area (Å²) in [6.45, 7) is 0. The van der Waals surface area contributed by atoms with Crippen molar-refractivity contribution in [3.63, 3.8) is 0 Å². The van der Waals surface area contributed by atoms with E-state index in [2.05, 4.69) is 10.1 Å². The Morgan fingerprint density at radius 3 is 2.63 bits per heavy atom. The molecule has 0 amide bonds. The smallest absolute Gasteiger partial charge is 0.281 e. The zero-order valence-corrected chi connectivity index (χ0v) is 13.9. The molecule has 2 aromatic heterocycles. The SMILES string of the molecule is O=c1c2ccccc2ncn1/N=C/c1ccc(-c2ccc([N+](=O)[O-])cc2)o1. The Morgan fingerprint density at radius 1 is 1.07 bits per heavy atom. The molecular weight excluding hydrogens is 348 g/mol. The highest BCUT2D eigenvalue weighted by Crippen LogP contribution is 2.24. The van der Waals surface area contributed by atoms with Gasteiger partial charge in [0.05, 0.1) is 22.0 Å². The fraction of sp³-hybridized carbons (Fsp3) is 0. The zero-order valence-electron chi connectivity index (χ0n) is 13.9. The van der Waals surface area contributed by atoms with Crippen LogP contribution >= 0.6 is 0 Å². The number of nitro benzene ring substituents is 1. The maximum Gasteiger partial charge on any atom is 0.281 e. The van der Waals surface area contributed by atoms with E-state index in [1.54, 1.807) is 42.5 Å². The molecule has 2 aromatic carbocycles. The molecule has 4 rings (SSSR count). The van der Waals surface area contributed by atoms with E-state index in [1.165, 1.54) is 24.7 Å². The maximum atomic E-state index is 12.4. The first kappa shape index (κ1) is 16.4. The summed E-state index contributed by atoms with van der Waals surface area (Å²) < 4.78 is 6.80. The highest BCUT2D eigenvalue weighted by atomic mass is 16.6. The minimum Gasteiger partial charge on any atom is -0.455 e. The van der Waals surface area contributed by atoms with Gasteiger partial charge in [0, 0.05) is 17.7 Å². The second-order valence-corrected chi connectivity index (χ2v) is 5.66. The lowest BCUT2D eigenvalue weighted by Gasteiger charge is -1.99. The summed E-state index contributed by atoms with van der Waals surface area (Å²) in [5.74, 6) is 0.971. The van der Waals surface area contributed by atoms with Crippen LogP contribution in [0.2, 0.25) is 0 Å². The summed E-state index contributed by atoms with van der Waals surface area (Å²) in [6.07, 6.45) is 2.76. The fourth-order valence-corrected chi connectivity index (χ4v) is 2.59. The molecule has 0 spiro atoms. The molecule has 2 heterocycles. The number of non-ortho nitro benzene ring substituents is 1. The van der Waals surface area contributed by atoms with Crippen LogP contribution in [0.5, 0.6) is 0 Å². The van der Waals surface area contributed by atoms with Crippen LogP contribution in [-0.4, -0.2) is 20.8 Å². The minimum absolute atomic E-state index is 0.00951. The van der Waals surface area contributed by atoms with E-state index >= 15 is 0 Å². The fourth-order valence-electron chi connectivity index (χ4n) is 2.59. The number of hydrogen-bond acceptors (Lipinski definition) is 6. The van der Waals surface area contributed by atoms with Crippen LogP contribution in [0.3, 0.4) is 0 Å². The molecule has 8 nitrogen and oxygen atoms in total. The quantitative estimate of drug-likeness (QED) is 0.315. The lowest BCUT2D eigenvalue weighted by Crippen LogP contribution is -2.16. The molecule has 0 aliphatic heterocycles. The molecule has 0 radical (unpaired) electrons. The number of hydrogen-bond donors (Lipinski definition) is 0. The van der Waals surface area contributed by atoms with Crippen molar-refractivity contribution in [3.05, 3.63) is 93.2 Å². The number of para-hydroxylation sites is 1. The molecule has 132 valence electrons. The molecule has 0 aliphatic rings. The van der Waals surface area contributed by atoms with Crippen molar-refractivity contribution >= 4 is 22.8 Å². The summed E-state index contributed by atoms with van der Waals surface area (Å²) in [5.41, 5.74) is 1.03. The van der Waals surface area contributed by atoms with Gasteiger partial charge in [-0.3, -0.25) is 14.9 Å². The van der Waals surface area contributed by atoms with Gasteiger partial charge in [0.15, 0.2) is 0 Å². The van der Waals surface area contributed by atoms with E-state index in [0.717, 1.165) is 4.68 Å². The summed E-state index contributed by atoms with van der Waals surface area (Å²) in [4.78, 5) is 26.8. The van der Waals surface area contributed by atoms with Crippen molar-refractivity contribution in [1.29, 1.82) is 0 Å². The van der Waals surface area contributed by atoms with Crippen LogP contribution < -0.4 is 5.56 Å². The number of aromatic nitrogens is 2. The van der Waals surface area contributed by atoms with Crippen LogP contribution in [-0.2, 0) is 0 Å². The summed E-state index contributed by atoms with van der Waals surface area (Å²) in [6, 6.07) is 16.5. The van der Waals surface area contributed by atoms with Gasteiger partial charge in [0.1, 0.15) is 17.8 Å². The molecule has 0 aliphatic carbocycles. The Bertz CT molecular complexity index is 1220. The topological polar surface area (TPSA) is 104 Å². The molecule has 0 bridgehead atoms. The first-order valence-corrected chi connectivity index (χ1v) is 7.97. The van der Waals surface area contributed by atoms with Crippen LogP contribution in [0.25, 0.3) is 22.2 Å². The van der Waals surface area contributed by atoms with Gasteiger partial charge in [-0.1, -0.05) is 12.1 Å². The third-order valence-electron chi connectivity index (χ3n) is 3.95. The minimum atomic E-state index is -0.459. The number of nitrogens with zero attached hydrogens (tertiary/aromatic N) is 4. The van der Waals surface area contributed by atoms with Crippen molar-refractivity contribution in [1.82, 2.24) is 9.66 Å². The second-order valence-electron chi connectivity index (χ2n) is 5.66. The van der Waals surface area contributed by atoms with Gasteiger partial charge >= 0.3 is 0 Å². The van der Waals surface area contributed by atoms with E-state index < -0.39 is 4.92 Å². The molecule has 0 unspecified atom stereocenters. The Balaban J connectivity index is 1.60. The van der Waals surface area contributed by atoms with Crippen LogP contribution in [0.1, 0.15) is 5.76 Å². The molecule has 0 atom stereocenters. The third-order valence-corrected chi connectivity index (χ3v) is 3.95. The third kappa shape index (κ3) is 3.23. The largest absolute Gasteiger partial charge is 0.455 e. The molecule has 27 heavy (non-hydrogen) atoms. The predicted octanol–water partition coefficient (Wildman–Crippen LogP) is 3.45.